The molecule has 0 spiro atoms. The van der Waals surface area contributed by atoms with Crippen molar-refractivity contribution < 1.29 is 0 Å². The van der Waals surface area contributed by atoms with Gasteiger partial charge in [-0.1, -0.05) is 18.5 Å². The lowest BCUT2D eigenvalue weighted by Crippen LogP contribution is -2.14. The van der Waals surface area contributed by atoms with Gasteiger partial charge in [0.05, 0.1) is 0 Å². The van der Waals surface area contributed by atoms with E-state index in [1.807, 2.05) is 29.5 Å². The maximum atomic E-state index is 6.29. The summed E-state index contributed by atoms with van der Waals surface area (Å²) in [5.41, 5.74) is 7.42. The van der Waals surface area contributed by atoms with E-state index in [4.69, 9.17) is 17.3 Å². The van der Waals surface area contributed by atoms with Crippen LogP contribution in [0.1, 0.15) is 28.3 Å². The number of nitrogens with two attached hydrogens (primary N) is 1. The van der Waals surface area contributed by atoms with Crippen LogP contribution in [-0.2, 0) is 12.8 Å². The third kappa shape index (κ3) is 3.47. The Morgan fingerprint density at radius 3 is 2.67 bits per heavy atom. The predicted octanol–water partition coefficient (Wildman–Crippen LogP) is 4.81. The minimum atomic E-state index is 0.0129. The third-order valence-corrected chi connectivity index (χ3v) is 5.31. The van der Waals surface area contributed by atoms with E-state index >= 15 is 0 Å². The summed E-state index contributed by atoms with van der Waals surface area (Å²) in [5, 5.41) is 0.751. The minimum Gasteiger partial charge on any atom is -0.324 e. The molecule has 0 bridgehead atoms. The van der Waals surface area contributed by atoms with Crippen LogP contribution in [0.15, 0.2) is 30.3 Å². The average Bonchev–Trinajstić information content (AvgIpc) is 2.80. The quantitative estimate of drug-likeness (QED) is 0.744. The summed E-state index contributed by atoms with van der Waals surface area (Å²) in [5.74, 6) is 0. The highest BCUT2D eigenvalue weighted by Gasteiger charge is 2.12. The van der Waals surface area contributed by atoms with Gasteiger partial charge in [-0.25, -0.2) is 0 Å². The molecule has 1 aromatic carbocycles. The lowest BCUT2D eigenvalue weighted by atomic mass is 10.0. The van der Waals surface area contributed by atoms with Crippen molar-refractivity contribution in [3.8, 4) is 0 Å². The molecule has 2 rings (SSSR count). The highest BCUT2D eigenvalue weighted by Crippen LogP contribution is 2.27. The maximum Gasteiger partial charge on any atom is 0.0410 e. The minimum absolute atomic E-state index is 0.0129. The Kier molecular flexibility index (Phi) is 5.06. The Bertz CT molecular complexity index is 538. The van der Waals surface area contributed by atoms with Crippen LogP contribution in [0, 0.1) is 3.57 Å². The molecule has 18 heavy (non-hydrogen) atoms. The Morgan fingerprint density at radius 1 is 1.28 bits per heavy atom. The number of thiophene rings is 1. The van der Waals surface area contributed by atoms with Crippen molar-refractivity contribution >= 4 is 45.5 Å². The molecule has 2 N–H and O–H groups in total. The zero-order valence-corrected chi connectivity index (χ0v) is 13.8. The molecular weight excluding hydrogens is 377 g/mol. The number of hydrogen-bond donors (Lipinski definition) is 1. The molecule has 0 amide bonds. The SMILES string of the molecule is CCc1ccc(CC(N)c2cc(Cl)ccc2I)s1. The molecular formula is C14H15ClINS. The zero-order valence-electron chi connectivity index (χ0n) is 10.1. The first kappa shape index (κ1) is 14.3. The summed E-state index contributed by atoms with van der Waals surface area (Å²) in [6.45, 7) is 2.18. The average molecular weight is 392 g/mol. The number of benzene rings is 1. The molecule has 1 heterocycles. The van der Waals surface area contributed by atoms with Crippen LogP contribution in [0.4, 0.5) is 0 Å². The second-order valence-corrected chi connectivity index (χ2v) is 7.05. The van der Waals surface area contributed by atoms with E-state index in [1.165, 1.54) is 13.3 Å². The molecule has 4 heteroatoms. The first-order valence-corrected chi connectivity index (χ1v) is 8.15. The van der Waals surface area contributed by atoms with Crippen LogP contribution < -0.4 is 5.73 Å². The van der Waals surface area contributed by atoms with Crippen LogP contribution in [0.3, 0.4) is 0 Å². The number of hydrogen-bond acceptors (Lipinski definition) is 2. The lowest BCUT2D eigenvalue weighted by molar-refractivity contribution is 0.726. The smallest absolute Gasteiger partial charge is 0.0410 e. The van der Waals surface area contributed by atoms with Crippen molar-refractivity contribution in [1.82, 2.24) is 0 Å². The molecule has 0 fully saturated rings. The van der Waals surface area contributed by atoms with Crippen molar-refractivity contribution in [2.75, 3.05) is 0 Å². The van der Waals surface area contributed by atoms with Gasteiger partial charge in [-0.15, -0.1) is 11.3 Å². The summed E-state index contributed by atoms with van der Waals surface area (Å²) in [6.07, 6.45) is 1.97. The highest BCUT2D eigenvalue weighted by molar-refractivity contribution is 14.1. The van der Waals surface area contributed by atoms with E-state index in [0.717, 1.165) is 23.4 Å². The van der Waals surface area contributed by atoms with Gasteiger partial charge < -0.3 is 5.73 Å². The molecule has 1 aromatic heterocycles. The van der Waals surface area contributed by atoms with E-state index < -0.39 is 0 Å². The van der Waals surface area contributed by atoms with Gasteiger partial charge in [0.25, 0.3) is 0 Å². The van der Waals surface area contributed by atoms with Gasteiger partial charge in [-0.3, -0.25) is 0 Å². The van der Waals surface area contributed by atoms with Gasteiger partial charge in [0.1, 0.15) is 0 Å². The largest absolute Gasteiger partial charge is 0.324 e. The Labute approximate surface area is 130 Å². The molecule has 2 aromatic rings. The normalized spacial score (nSPS) is 12.7. The van der Waals surface area contributed by atoms with E-state index in [2.05, 4.69) is 41.6 Å². The predicted molar refractivity (Wildman–Crippen MR) is 88.5 cm³/mol. The Morgan fingerprint density at radius 2 is 2.00 bits per heavy atom. The molecule has 96 valence electrons. The van der Waals surface area contributed by atoms with Gasteiger partial charge in [0.15, 0.2) is 0 Å². The van der Waals surface area contributed by atoms with Crippen molar-refractivity contribution in [2.45, 2.75) is 25.8 Å². The Hall–Kier alpha value is -0.100. The number of halogens is 2. The summed E-state index contributed by atoms with van der Waals surface area (Å²) in [7, 11) is 0. The molecule has 1 atom stereocenters. The maximum absolute atomic E-state index is 6.29. The monoisotopic (exact) mass is 391 g/mol. The fraction of sp³-hybridized carbons (Fsp3) is 0.286. The van der Waals surface area contributed by atoms with Gasteiger partial charge in [0.2, 0.25) is 0 Å². The topological polar surface area (TPSA) is 26.0 Å². The molecule has 0 aliphatic rings. The fourth-order valence-electron chi connectivity index (χ4n) is 1.85. The van der Waals surface area contributed by atoms with Crippen molar-refractivity contribution in [3.63, 3.8) is 0 Å². The van der Waals surface area contributed by atoms with Crippen LogP contribution in [-0.4, -0.2) is 0 Å². The molecule has 1 unspecified atom stereocenters. The summed E-state index contributed by atoms with van der Waals surface area (Å²) < 4.78 is 1.18. The molecule has 1 nitrogen and oxygen atoms in total. The third-order valence-electron chi connectivity index (χ3n) is 2.84. The molecule has 0 radical (unpaired) electrons. The highest BCUT2D eigenvalue weighted by atomic mass is 127. The Balaban J connectivity index is 2.16. The van der Waals surface area contributed by atoms with Gasteiger partial charge in [-0.2, -0.15) is 0 Å². The van der Waals surface area contributed by atoms with Crippen molar-refractivity contribution in [2.24, 2.45) is 5.73 Å². The number of rotatable bonds is 4. The summed E-state index contributed by atoms with van der Waals surface area (Å²) in [6, 6.07) is 10.3. The first-order chi connectivity index (χ1) is 8.60. The lowest BCUT2D eigenvalue weighted by Gasteiger charge is -2.13. The van der Waals surface area contributed by atoms with E-state index in [9.17, 15) is 0 Å². The molecule has 0 aliphatic carbocycles. The second kappa shape index (κ2) is 6.37. The fourth-order valence-corrected chi connectivity index (χ4v) is 3.78. The second-order valence-electron chi connectivity index (χ2n) is 4.20. The first-order valence-electron chi connectivity index (χ1n) is 5.88. The van der Waals surface area contributed by atoms with E-state index in [0.29, 0.717) is 0 Å². The number of aryl methyl sites for hydroxylation is 1. The van der Waals surface area contributed by atoms with Gasteiger partial charge in [0, 0.05) is 30.8 Å². The standard InChI is InChI=1S/C14H15ClINS/c1-2-10-4-5-11(18-10)8-14(17)12-7-9(15)3-6-13(12)16/h3-7,14H,2,8,17H2,1H3. The zero-order chi connectivity index (χ0) is 13.1. The van der Waals surface area contributed by atoms with E-state index in [1.54, 1.807) is 0 Å². The van der Waals surface area contributed by atoms with Crippen LogP contribution in [0.25, 0.3) is 0 Å². The van der Waals surface area contributed by atoms with Crippen LogP contribution in [0.5, 0.6) is 0 Å². The van der Waals surface area contributed by atoms with Crippen LogP contribution >= 0.6 is 45.5 Å². The van der Waals surface area contributed by atoms with E-state index in [-0.39, 0.29) is 6.04 Å². The summed E-state index contributed by atoms with van der Waals surface area (Å²) in [4.78, 5) is 2.76. The molecule has 0 aliphatic heterocycles. The van der Waals surface area contributed by atoms with Crippen molar-refractivity contribution in [3.05, 3.63) is 54.2 Å². The van der Waals surface area contributed by atoms with Crippen molar-refractivity contribution in [1.29, 1.82) is 0 Å². The van der Waals surface area contributed by atoms with Gasteiger partial charge >= 0.3 is 0 Å². The molecule has 0 saturated carbocycles. The summed E-state index contributed by atoms with van der Waals surface area (Å²) >= 11 is 10.2. The molecule has 0 saturated heterocycles. The van der Waals surface area contributed by atoms with Crippen LogP contribution in [0.2, 0.25) is 5.02 Å². The van der Waals surface area contributed by atoms with Gasteiger partial charge in [-0.05, 0) is 64.9 Å².